The Bertz CT molecular complexity index is 523. The van der Waals surface area contributed by atoms with Crippen LogP contribution in [0.25, 0.3) is 11.1 Å². The summed E-state index contributed by atoms with van der Waals surface area (Å²) in [5.74, 6) is 0. The molecule has 0 unspecified atom stereocenters. The smallest absolute Gasteiger partial charge is 0.0149 e. The highest BCUT2D eigenvalue weighted by Crippen LogP contribution is 2.28. The molecule has 0 nitrogen and oxygen atoms in total. The highest BCUT2D eigenvalue weighted by atomic mass is 14.1. The molecule has 0 spiro atoms. The Morgan fingerprint density at radius 2 is 1.67 bits per heavy atom. The van der Waals surface area contributed by atoms with E-state index in [1.165, 1.54) is 34.2 Å². The fraction of sp³-hybridized carbons (Fsp3) is 0.333. The zero-order valence-electron chi connectivity index (χ0n) is 11.7. The van der Waals surface area contributed by atoms with Crippen LogP contribution >= 0.6 is 0 Å². The van der Waals surface area contributed by atoms with Gasteiger partial charge in [0.25, 0.3) is 0 Å². The first-order chi connectivity index (χ1) is 8.76. The normalized spacial score (nSPS) is 10.6. The van der Waals surface area contributed by atoms with Crippen LogP contribution in [0.2, 0.25) is 0 Å². The van der Waals surface area contributed by atoms with Crippen LogP contribution in [0.15, 0.2) is 42.5 Å². The molecule has 94 valence electrons. The van der Waals surface area contributed by atoms with Gasteiger partial charge in [0.05, 0.1) is 0 Å². The summed E-state index contributed by atoms with van der Waals surface area (Å²) in [6.07, 6.45) is 3.46. The minimum atomic E-state index is 1.11. The van der Waals surface area contributed by atoms with Crippen LogP contribution in [0.4, 0.5) is 0 Å². The second kappa shape index (κ2) is 5.86. The lowest BCUT2D eigenvalue weighted by Crippen LogP contribution is -1.92. The van der Waals surface area contributed by atoms with Crippen molar-refractivity contribution in [3.05, 3.63) is 59.2 Å². The summed E-state index contributed by atoms with van der Waals surface area (Å²) < 4.78 is 0. The van der Waals surface area contributed by atoms with Crippen LogP contribution in [0, 0.1) is 6.92 Å². The van der Waals surface area contributed by atoms with Gasteiger partial charge in [0.1, 0.15) is 0 Å². The summed E-state index contributed by atoms with van der Waals surface area (Å²) in [6.45, 7) is 6.67. The van der Waals surface area contributed by atoms with Crippen molar-refractivity contribution in [2.24, 2.45) is 0 Å². The first kappa shape index (κ1) is 12.9. The quantitative estimate of drug-likeness (QED) is 0.688. The van der Waals surface area contributed by atoms with Gasteiger partial charge in [-0.15, -0.1) is 0 Å². The third-order valence-electron chi connectivity index (χ3n) is 3.53. The molecule has 0 bridgehead atoms. The molecule has 0 atom stereocenters. The molecule has 0 heteroatoms. The molecule has 2 rings (SSSR count). The van der Waals surface area contributed by atoms with Crippen LogP contribution in [-0.2, 0) is 12.8 Å². The van der Waals surface area contributed by atoms with Gasteiger partial charge in [-0.1, -0.05) is 62.7 Å². The van der Waals surface area contributed by atoms with Gasteiger partial charge in [-0.2, -0.15) is 0 Å². The van der Waals surface area contributed by atoms with E-state index in [2.05, 4.69) is 63.2 Å². The first-order valence-corrected chi connectivity index (χ1v) is 6.94. The van der Waals surface area contributed by atoms with Crippen LogP contribution < -0.4 is 0 Å². The number of aryl methyl sites for hydroxylation is 3. The highest BCUT2D eigenvalue weighted by molar-refractivity contribution is 5.71. The van der Waals surface area contributed by atoms with E-state index >= 15 is 0 Å². The molecule has 2 aromatic carbocycles. The Morgan fingerprint density at radius 3 is 2.33 bits per heavy atom. The summed E-state index contributed by atoms with van der Waals surface area (Å²) in [7, 11) is 0. The number of rotatable bonds is 4. The molecule has 18 heavy (non-hydrogen) atoms. The minimum absolute atomic E-state index is 1.11. The van der Waals surface area contributed by atoms with Crippen molar-refractivity contribution in [3.63, 3.8) is 0 Å². The van der Waals surface area contributed by atoms with Crippen molar-refractivity contribution in [1.29, 1.82) is 0 Å². The van der Waals surface area contributed by atoms with Gasteiger partial charge in [-0.05, 0) is 47.6 Å². The summed E-state index contributed by atoms with van der Waals surface area (Å²) in [5.41, 5.74) is 7.06. The molecule has 0 radical (unpaired) electrons. The first-order valence-electron chi connectivity index (χ1n) is 6.94. The highest BCUT2D eigenvalue weighted by Gasteiger charge is 2.06. The van der Waals surface area contributed by atoms with Crippen molar-refractivity contribution in [1.82, 2.24) is 0 Å². The van der Waals surface area contributed by atoms with Gasteiger partial charge >= 0.3 is 0 Å². The second-order valence-electron chi connectivity index (χ2n) is 4.91. The monoisotopic (exact) mass is 238 g/mol. The van der Waals surface area contributed by atoms with Crippen molar-refractivity contribution < 1.29 is 0 Å². The predicted molar refractivity (Wildman–Crippen MR) is 80.0 cm³/mol. The molecular formula is C18H22. The van der Waals surface area contributed by atoms with Crippen LogP contribution in [-0.4, -0.2) is 0 Å². The third-order valence-corrected chi connectivity index (χ3v) is 3.53. The number of hydrogen-bond donors (Lipinski definition) is 0. The zero-order valence-corrected chi connectivity index (χ0v) is 11.7. The van der Waals surface area contributed by atoms with Gasteiger partial charge in [0.15, 0.2) is 0 Å². The number of hydrogen-bond acceptors (Lipinski definition) is 0. The lowest BCUT2D eigenvalue weighted by Gasteiger charge is -2.12. The molecule has 0 aliphatic rings. The maximum atomic E-state index is 2.32. The Morgan fingerprint density at radius 1 is 0.889 bits per heavy atom. The van der Waals surface area contributed by atoms with E-state index in [0.717, 1.165) is 12.8 Å². The topological polar surface area (TPSA) is 0 Å². The molecule has 0 aliphatic carbocycles. The number of benzene rings is 2. The van der Waals surface area contributed by atoms with E-state index in [1.54, 1.807) is 0 Å². The molecular weight excluding hydrogens is 216 g/mol. The summed E-state index contributed by atoms with van der Waals surface area (Å²) in [4.78, 5) is 0. The van der Waals surface area contributed by atoms with Crippen molar-refractivity contribution in [2.45, 2.75) is 40.0 Å². The van der Waals surface area contributed by atoms with Gasteiger partial charge < -0.3 is 0 Å². The van der Waals surface area contributed by atoms with Gasteiger partial charge in [0.2, 0.25) is 0 Å². The van der Waals surface area contributed by atoms with Crippen molar-refractivity contribution >= 4 is 0 Å². The zero-order chi connectivity index (χ0) is 13.0. The Kier molecular flexibility index (Phi) is 4.19. The molecule has 0 aromatic heterocycles. The lowest BCUT2D eigenvalue weighted by atomic mass is 9.92. The average Bonchev–Trinajstić information content (AvgIpc) is 2.40. The largest absolute Gasteiger partial charge is 0.0651 e. The Labute approximate surface area is 111 Å². The third kappa shape index (κ3) is 2.64. The average molecular weight is 238 g/mol. The van der Waals surface area contributed by atoms with E-state index < -0.39 is 0 Å². The van der Waals surface area contributed by atoms with Crippen molar-refractivity contribution in [2.75, 3.05) is 0 Å². The fourth-order valence-corrected chi connectivity index (χ4v) is 2.52. The Hall–Kier alpha value is -1.56. The molecule has 0 heterocycles. The van der Waals surface area contributed by atoms with Crippen molar-refractivity contribution in [3.8, 4) is 11.1 Å². The molecule has 0 saturated heterocycles. The van der Waals surface area contributed by atoms with Gasteiger partial charge in [-0.3, -0.25) is 0 Å². The summed E-state index contributed by atoms with van der Waals surface area (Å²) in [5, 5.41) is 0. The maximum Gasteiger partial charge on any atom is -0.0149 e. The van der Waals surface area contributed by atoms with E-state index in [-0.39, 0.29) is 0 Å². The van der Waals surface area contributed by atoms with Crippen LogP contribution in [0.1, 0.15) is 37.0 Å². The summed E-state index contributed by atoms with van der Waals surface area (Å²) in [6, 6.07) is 15.6. The van der Waals surface area contributed by atoms with E-state index in [0.29, 0.717) is 0 Å². The molecule has 0 N–H and O–H groups in total. The molecule has 0 saturated carbocycles. The van der Waals surface area contributed by atoms with E-state index in [1.807, 2.05) is 0 Å². The summed E-state index contributed by atoms with van der Waals surface area (Å²) >= 11 is 0. The standard InChI is InChI=1S/C18H22/c1-4-8-16-9-6-7-10-18(16)17-12-11-15(5-2)13-14(17)3/h6-7,9-13H,4-5,8H2,1-3H3. The minimum Gasteiger partial charge on any atom is -0.0651 e. The second-order valence-corrected chi connectivity index (χ2v) is 4.91. The molecule has 0 fully saturated rings. The SMILES string of the molecule is CCCc1ccccc1-c1ccc(CC)cc1C. The van der Waals surface area contributed by atoms with E-state index in [4.69, 9.17) is 0 Å². The van der Waals surface area contributed by atoms with Gasteiger partial charge in [-0.25, -0.2) is 0 Å². The van der Waals surface area contributed by atoms with Crippen LogP contribution in [0.5, 0.6) is 0 Å². The lowest BCUT2D eigenvalue weighted by molar-refractivity contribution is 0.923. The Balaban J connectivity index is 2.48. The molecule has 2 aromatic rings. The molecule has 0 amide bonds. The predicted octanol–water partition coefficient (Wildman–Crippen LogP) is 5.18. The molecule has 0 aliphatic heterocycles. The van der Waals surface area contributed by atoms with Crippen LogP contribution in [0.3, 0.4) is 0 Å². The van der Waals surface area contributed by atoms with Gasteiger partial charge in [0, 0.05) is 0 Å². The van der Waals surface area contributed by atoms with E-state index in [9.17, 15) is 0 Å². The fourth-order valence-electron chi connectivity index (χ4n) is 2.52. The maximum absolute atomic E-state index is 2.32.